The fraction of sp³-hybridized carbons (Fsp3) is 0.250. The predicted molar refractivity (Wildman–Crippen MR) is 52.9 cm³/mol. The van der Waals surface area contributed by atoms with E-state index < -0.39 is 11.9 Å². The fourth-order valence-electron chi connectivity index (χ4n) is 0.761. The lowest BCUT2D eigenvalue weighted by Gasteiger charge is -2.02. The summed E-state index contributed by atoms with van der Waals surface area (Å²) < 4.78 is 17.9. The lowest BCUT2D eigenvalue weighted by atomic mass is 10.3. The van der Waals surface area contributed by atoms with E-state index in [1.165, 1.54) is 12.1 Å². The maximum absolute atomic E-state index is 12.6. The molecule has 0 spiro atoms. The maximum Gasteiger partial charge on any atom is 0.358 e. The van der Waals surface area contributed by atoms with Crippen LogP contribution in [0.4, 0.5) is 4.39 Å². The van der Waals surface area contributed by atoms with Crippen molar-refractivity contribution in [2.75, 3.05) is 6.61 Å². The van der Waals surface area contributed by atoms with Gasteiger partial charge in [0, 0.05) is 3.57 Å². The van der Waals surface area contributed by atoms with Crippen molar-refractivity contribution >= 4 is 28.6 Å². The predicted octanol–water partition coefficient (Wildman–Crippen LogP) is 2.00. The van der Waals surface area contributed by atoms with Crippen LogP contribution in [0.15, 0.2) is 12.1 Å². The molecule has 70 valence electrons. The Labute approximate surface area is 88.4 Å². The highest BCUT2D eigenvalue weighted by atomic mass is 127. The van der Waals surface area contributed by atoms with Crippen molar-refractivity contribution in [3.8, 4) is 0 Å². The largest absolute Gasteiger partial charge is 0.461 e. The normalized spacial score (nSPS) is 9.77. The molecule has 0 N–H and O–H groups in total. The molecule has 0 aliphatic heterocycles. The Morgan fingerprint density at radius 3 is 3.00 bits per heavy atom. The van der Waals surface area contributed by atoms with E-state index in [-0.39, 0.29) is 12.3 Å². The molecule has 0 atom stereocenters. The first-order valence-corrected chi connectivity index (χ1v) is 4.72. The summed E-state index contributed by atoms with van der Waals surface area (Å²) in [6, 6.07) is 2.68. The molecule has 13 heavy (non-hydrogen) atoms. The van der Waals surface area contributed by atoms with Crippen LogP contribution in [0.5, 0.6) is 0 Å². The van der Waals surface area contributed by atoms with Gasteiger partial charge in [0.2, 0.25) is 5.95 Å². The zero-order valence-corrected chi connectivity index (χ0v) is 9.04. The number of aromatic nitrogens is 1. The average Bonchev–Trinajstić information content (AvgIpc) is 2.09. The average molecular weight is 295 g/mol. The third kappa shape index (κ3) is 2.61. The van der Waals surface area contributed by atoms with Crippen LogP contribution in [0.3, 0.4) is 0 Å². The van der Waals surface area contributed by atoms with Crippen molar-refractivity contribution in [2.24, 2.45) is 0 Å². The van der Waals surface area contributed by atoms with Gasteiger partial charge in [0.1, 0.15) is 0 Å². The molecule has 1 heterocycles. The molecular formula is C8H7FINO2. The molecule has 3 nitrogen and oxygen atoms in total. The lowest BCUT2D eigenvalue weighted by molar-refractivity contribution is 0.0516. The number of carbonyl (C=O) groups excluding carboxylic acids is 1. The topological polar surface area (TPSA) is 39.2 Å². The van der Waals surface area contributed by atoms with Gasteiger partial charge in [-0.15, -0.1) is 0 Å². The number of esters is 1. The molecule has 0 aliphatic rings. The van der Waals surface area contributed by atoms with Crippen LogP contribution in [-0.2, 0) is 4.74 Å². The Hall–Kier alpha value is -0.720. The van der Waals surface area contributed by atoms with E-state index in [1.807, 2.05) is 22.6 Å². The molecule has 0 bridgehead atoms. The Morgan fingerprint density at radius 1 is 1.69 bits per heavy atom. The smallest absolute Gasteiger partial charge is 0.358 e. The molecule has 1 aromatic rings. The maximum atomic E-state index is 12.6. The summed E-state index contributed by atoms with van der Waals surface area (Å²) in [7, 11) is 0. The number of rotatable bonds is 2. The summed E-state index contributed by atoms with van der Waals surface area (Å²) in [5, 5.41) is 0. The number of halogens is 2. The Balaban J connectivity index is 2.99. The third-order valence-corrected chi connectivity index (χ3v) is 2.15. The van der Waals surface area contributed by atoms with Gasteiger partial charge in [-0.25, -0.2) is 9.78 Å². The van der Waals surface area contributed by atoms with Crippen molar-refractivity contribution in [2.45, 2.75) is 6.92 Å². The molecule has 0 fully saturated rings. The number of pyridine rings is 1. The summed E-state index contributed by atoms with van der Waals surface area (Å²) in [6.07, 6.45) is 0. The Morgan fingerprint density at radius 2 is 2.38 bits per heavy atom. The van der Waals surface area contributed by atoms with Crippen molar-refractivity contribution in [1.82, 2.24) is 4.98 Å². The van der Waals surface area contributed by atoms with Gasteiger partial charge >= 0.3 is 5.97 Å². The summed E-state index contributed by atoms with van der Waals surface area (Å²) in [6.45, 7) is 1.94. The number of ether oxygens (including phenoxy) is 1. The second-order valence-corrected chi connectivity index (χ2v) is 3.35. The highest BCUT2D eigenvalue weighted by Gasteiger charge is 2.13. The van der Waals surface area contributed by atoms with E-state index in [9.17, 15) is 9.18 Å². The Kier molecular flexibility index (Phi) is 3.58. The molecular weight excluding hydrogens is 288 g/mol. The SMILES string of the molecule is CCOC(=O)c1nc(F)ccc1I. The van der Waals surface area contributed by atoms with Crippen molar-refractivity contribution < 1.29 is 13.9 Å². The van der Waals surface area contributed by atoms with Gasteiger partial charge in [-0.3, -0.25) is 0 Å². The van der Waals surface area contributed by atoms with Crippen molar-refractivity contribution in [1.29, 1.82) is 0 Å². The van der Waals surface area contributed by atoms with Crippen LogP contribution in [0, 0.1) is 9.52 Å². The minimum Gasteiger partial charge on any atom is -0.461 e. The zero-order valence-electron chi connectivity index (χ0n) is 6.88. The van der Waals surface area contributed by atoms with Crippen LogP contribution in [-0.4, -0.2) is 17.6 Å². The summed E-state index contributed by atoms with van der Waals surface area (Å²) in [4.78, 5) is 14.6. The van der Waals surface area contributed by atoms with Gasteiger partial charge in [-0.05, 0) is 41.6 Å². The zero-order chi connectivity index (χ0) is 9.84. The van der Waals surface area contributed by atoms with Crippen LogP contribution < -0.4 is 0 Å². The second-order valence-electron chi connectivity index (χ2n) is 2.18. The molecule has 5 heteroatoms. The number of hydrogen-bond acceptors (Lipinski definition) is 3. The first-order chi connectivity index (χ1) is 6.15. The van der Waals surface area contributed by atoms with E-state index >= 15 is 0 Å². The second kappa shape index (κ2) is 4.50. The lowest BCUT2D eigenvalue weighted by Crippen LogP contribution is -2.10. The third-order valence-electron chi connectivity index (χ3n) is 1.28. The standard InChI is InChI=1S/C8H7FINO2/c1-2-13-8(12)7-5(10)3-4-6(9)11-7/h3-4H,2H2,1H3. The Bertz CT molecular complexity index is 330. The molecule has 0 saturated heterocycles. The molecule has 1 aromatic heterocycles. The van der Waals surface area contributed by atoms with Gasteiger partial charge < -0.3 is 4.74 Å². The summed E-state index contributed by atoms with van der Waals surface area (Å²) in [5.41, 5.74) is 0.0300. The van der Waals surface area contributed by atoms with Crippen LogP contribution >= 0.6 is 22.6 Å². The van der Waals surface area contributed by atoms with E-state index in [2.05, 4.69) is 4.98 Å². The van der Waals surface area contributed by atoms with Crippen molar-refractivity contribution in [3.63, 3.8) is 0 Å². The highest BCUT2D eigenvalue weighted by Crippen LogP contribution is 2.11. The molecule has 0 aliphatic carbocycles. The van der Waals surface area contributed by atoms with E-state index in [4.69, 9.17) is 4.74 Å². The quantitative estimate of drug-likeness (QED) is 0.476. The van der Waals surface area contributed by atoms with Crippen LogP contribution in [0.2, 0.25) is 0 Å². The summed E-state index contributed by atoms with van der Waals surface area (Å²) >= 11 is 1.90. The molecule has 0 amide bonds. The number of nitrogens with zero attached hydrogens (tertiary/aromatic N) is 1. The summed E-state index contributed by atoms with van der Waals surface area (Å²) in [5.74, 6) is -1.27. The monoisotopic (exact) mass is 295 g/mol. The highest BCUT2D eigenvalue weighted by molar-refractivity contribution is 14.1. The number of carbonyl (C=O) groups is 1. The van der Waals surface area contributed by atoms with E-state index in [1.54, 1.807) is 6.92 Å². The number of hydrogen-bond donors (Lipinski definition) is 0. The first-order valence-electron chi connectivity index (χ1n) is 3.64. The van der Waals surface area contributed by atoms with Crippen LogP contribution in [0.25, 0.3) is 0 Å². The van der Waals surface area contributed by atoms with E-state index in [0.29, 0.717) is 3.57 Å². The van der Waals surface area contributed by atoms with Gasteiger partial charge in [0.15, 0.2) is 5.69 Å². The van der Waals surface area contributed by atoms with E-state index in [0.717, 1.165) is 0 Å². The molecule has 0 radical (unpaired) electrons. The van der Waals surface area contributed by atoms with Crippen molar-refractivity contribution in [3.05, 3.63) is 27.3 Å². The molecule has 0 saturated carbocycles. The molecule has 0 unspecified atom stereocenters. The van der Waals surface area contributed by atoms with Gasteiger partial charge in [-0.1, -0.05) is 0 Å². The van der Waals surface area contributed by atoms with Crippen LogP contribution in [0.1, 0.15) is 17.4 Å². The van der Waals surface area contributed by atoms with Gasteiger partial charge in [0.05, 0.1) is 6.61 Å². The van der Waals surface area contributed by atoms with Gasteiger partial charge in [0.25, 0.3) is 0 Å². The fourth-order valence-corrected chi connectivity index (χ4v) is 1.28. The minimum atomic E-state index is -0.677. The minimum absolute atomic E-state index is 0.0300. The van der Waals surface area contributed by atoms with Gasteiger partial charge in [-0.2, -0.15) is 4.39 Å². The molecule has 1 rings (SSSR count). The molecule has 0 aromatic carbocycles. The first kappa shape index (κ1) is 10.4.